The van der Waals surface area contributed by atoms with Crippen LogP contribution in [0.1, 0.15) is 136 Å². The van der Waals surface area contributed by atoms with E-state index in [9.17, 15) is 14.2 Å². The molecule has 0 aliphatic rings. The van der Waals surface area contributed by atoms with Crippen LogP contribution in [0.5, 0.6) is 0 Å². The molecule has 0 fully saturated rings. The van der Waals surface area contributed by atoms with Gasteiger partial charge in [0, 0.05) is 12.8 Å². The van der Waals surface area contributed by atoms with Crippen molar-refractivity contribution in [2.45, 2.75) is 142 Å². The summed E-state index contributed by atoms with van der Waals surface area (Å²) in [6, 6.07) is 0. The number of rotatable bonds is 32. The number of hydrogen-bond acceptors (Lipinski definition) is 6. The van der Waals surface area contributed by atoms with E-state index in [-0.39, 0.29) is 19.4 Å². The molecule has 1 atom stereocenters. The summed E-state index contributed by atoms with van der Waals surface area (Å²) in [5.74, 6) is -0.980. The van der Waals surface area contributed by atoms with E-state index in [2.05, 4.69) is 97.4 Å². The third kappa shape index (κ3) is 37.9. The van der Waals surface area contributed by atoms with Crippen LogP contribution < -0.4 is 0 Å². The third-order valence-corrected chi connectivity index (χ3v) is 7.63. The number of esters is 2. The highest BCUT2D eigenvalue weighted by molar-refractivity contribution is 7.46. The van der Waals surface area contributed by atoms with Crippen molar-refractivity contribution < 1.29 is 37.9 Å². The number of hydrogen-bond donors (Lipinski definition) is 2. The van der Waals surface area contributed by atoms with Gasteiger partial charge in [-0.15, -0.1) is 0 Å². The van der Waals surface area contributed by atoms with Gasteiger partial charge in [-0.3, -0.25) is 14.1 Å². The minimum Gasteiger partial charge on any atom is -0.462 e. The van der Waals surface area contributed by atoms with Crippen LogP contribution >= 0.6 is 7.82 Å². The van der Waals surface area contributed by atoms with Crippen LogP contribution in [0, 0.1) is 0 Å². The Morgan fingerprint density at radius 1 is 0.551 bits per heavy atom. The Morgan fingerprint density at radius 2 is 1.00 bits per heavy atom. The predicted octanol–water partition coefficient (Wildman–Crippen LogP) is 10.9. The molecule has 0 aromatic heterocycles. The lowest BCUT2D eigenvalue weighted by Crippen LogP contribution is -2.29. The van der Waals surface area contributed by atoms with Crippen molar-refractivity contribution in [1.29, 1.82) is 0 Å². The highest BCUT2D eigenvalue weighted by Crippen LogP contribution is 2.35. The molecule has 9 heteroatoms. The second-order valence-corrected chi connectivity index (χ2v) is 13.0. The number of carbonyl (C=O) groups excluding carboxylic acids is 2. The fraction of sp³-hybridized carbons (Fsp3) is 0.600. The Bertz CT molecular complexity index is 1060. The summed E-state index contributed by atoms with van der Waals surface area (Å²) in [6.45, 7) is 3.44. The molecular weight excluding hydrogens is 639 g/mol. The van der Waals surface area contributed by atoms with Crippen LogP contribution in [0.25, 0.3) is 0 Å². The molecule has 2 N–H and O–H groups in total. The molecule has 278 valence electrons. The zero-order valence-corrected chi connectivity index (χ0v) is 31.2. The Morgan fingerprint density at radius 3 is 1.53 bits per heavy atom. The van der Waals surface area contributed by atoms with Crippen molar-refractivity contribution >= 4 is 19.8 Å². The maximum atomic E-state index is 12.3. The number of phosphoric ester groups is 1. The molecule has 0 aliphatic heterocycles. The zero-order valence-electron chi connectivity index (χ0n) is 30.3. The number of allylic oxidation sites excluding steroid dienone is 14. The van der Waals surface area contributed by atoms with Crippen molar-refractivity contribution in [3.8, 4) is 0 Å². The van der Waals surface area contributed by atoms with E-state index < -0.39 is 32.5 Å². The van der Waals surface area contributed by atoms with Gasteiger partial charge in [-0.05, 0) is 77.0 Å². The molecule has 0 rings (SSSR count). The lowest BCUT2D eigenvalue weighted by atomic mass is 10.1. The van der Waals surface area contributed by atoms with E-state index in [0.29, 0.717) is 12.8 Å². The van der Waals surface area contributed by atoms with Gasteiger partial charge in [0.05, 0.1) is 6.61 Å². The molecule has 0 saturated carbocycles. The Labute approximate surface area is 297 Å². The van der Waals surface area contributed by atoms with E-state index in [1.54, 1.807) is 0 Å². The summed E-state index contributed by atoms with van der Waals surface area (Å²) in [5, 5.41) is 0. The van der Waals surface area contributed by atoms with Gasteiger partial charge >= 0.3 is 19.8 Å². The molecule has 0 aromatic carbocycles. The van der Waals surface area contributed by atoms with Crippen LogP contribution in [-0.4, -0.2) is 41.0 Å². The molecule has 0 amide bonds. The Balaban J connectivity index is 4.13. The van der Waals surface area contributed by atoms with Crippen molar-refractivity contribution in [2.75, 3.05) is 13.2 Å². The monoisotopic (exact) mass is 704 g/mol. The molecule has 0 saturated heterocycles. The molecule has 0 bridgehead atoms. The van der Waals surface area contributed by atoms with E-state index in [4.69, 9.17) is 19.3 Å². The minimum atomic E-state index is -4.77. The van der Waals surface area contributed by atoms with Gasteiger partial charge in [-0.2, -0.15) is 0 Å². The minimum absolute atomic E-state index is 0.178. The van der Waals surface area contributed by atoms with Crippen LogP contribution in [0.15, 0.2) is 85.1 Å². The topological polar surface area (TPSA) is 119 Å². The molecule has 0 unspecified atom stereocenters. The standard InChI is InChI=1S/C40H65O8P/c1-3-5-7-9-11-13-15-17-19-20-21-23-24-26-28-30-32-34-39(41)46-36-38(37-47-49(43,44)45)48-40(42)35-33-31-29-27-25-22-18-16-14-12-10-8-6-4-2/h5,7,10-13,16-19,21,23,26,28,38H,3-4,6,8-9,14-15,20,22,24-25,27,29-37H2,1-2H3,(H2,43,44,45)/b7-5+,12-10+,13-11+,18-16+,19-17+,23-21+,28-26+/t38-/m1/s1. The third-order valence-electron chi connectivity index (χ3n) is 7.15. The SMILES string of the molecule is CC/C=C/C/C=C/C/C=C/C/C=C/C/C=C/CCCC(=O)OC[C@H](COP(=O)(O)O)OC(=O)CCCCCCC/C=C/C/C=C/CCCC. The number of ether oxygens (including phenoxy) is 2. The van der Waals surface area contributed by atoms with Gasteiger partial charge in [0.15, 0.2) is 6.10 Å². The molecule has 0 heterocycles. The maximum absolute atomic E-state index is 12.3. The van der Waals surface area contributed by atoms with E-state index >= 15 is 0 Å². The first-order chi connectivity index (χ1) is 23.8. The highest BCUT2D eigenvalue weighted by atomic mass is 31.2. The number of phosphoric acid groups is 1. The van der Waals surface area contributed by atoms with Crippen molar-refractivity contribution in [1.82, 2.24) is 0 Å². The number of carbonyl (C=O) groups is 2. The zero-order chi connectivity index (χ0) is 36.1. The summed E-state index contributed by atoms with van der Waals surface area (Å²) < 4.78 is 26.2. The fourth-order valence-corrected chi connectivity index (χ4v) is 4.78. The molecule has 0 aromatic rings. The fourth-order valence-electron chi connectivity index (χ4n) is 4.42. The average molecular weight is 705 g/mol. The molecule has 49 heavy (non-hydrogen) atoms. The molecule has 0 spiro atoms. The molecule has 8 nitrogen and oxygen atoms in total. The largest absolute Gasteiger partial charge is 0.469 e. The van der Waals surface area contributed by atoms with Crippen LogP contribution in [-0.2, 0) is 28.2 Å². The normalized spacial score (nSPS) is 13.5. The maximum Gasteiger partial charge on any atom is 0.469 e. The quantitative estimate of drug-likeness (QED) is 0.0307. The van der Waals surface area contributed by atoms with Crippen molar-refractivity contribution in [2.24, 2.45) is 0 Å². The molecule has 0 radical (unpaired) electrons. The Kier molecular flexibility index (Phi) is 33.1. The van der Waals surface area contributed by atoms with Crippen LogP contribution in [0.4, 0.5) is 0 Å². The first-order valence-electron chi connectivity index (χ1n) is 18.4. The highest BCUT2D eigenvalue weighted by Gasteiger charge is 2.22. The van der Waals surface area contributed by atoms with Gasteiger partial charge in [0.25, 0.3) is 0 Å². The van der Waals surface area contributed by atoms with E-state index in [1.165, 1.54) is 12.8 Å². The van der Waals surface area contributed by atoms with Crippen LogP contribution in [0.3, 0.4) is 0 Å². The average Bonchev–Trinajstić information content (AvgIpc) is 3.07. The van der Waals surface area contributed by atoms with Crippen molar-refractivity contribution in [3.05, 3.63) is 85.1 Å². The first-order valence-corrected chi connectivity index (χ1v) is 19.9. The second kappa shape index (κ2) is 35.1. The summed E-state index contributed by atoms with van der Waals surface area (Å²) in [4.78, 5) is 42.6. The van der Waals surface area contributed by atoms with Crippen LogP contribution in [0.2, 0.25) is 0 Å². The lowest BCUT2D eigenvalue weighted by molar-refractivity contribution is -0.161. The second-order valence-electron chi connectivity index (χ2n) is 11.8. The van der Waals surface area contributed by atoms with Gasteiger partial charge in [0.1, 0.15) is 6.61 Å². The summed E-state index contributed by atoms with van der Waals surface area (Å²) >= 11 is 0. The number of unbranched alkanes of at least 4 members (excludes halogenated alkanes) is 8. The molecular formula is C40H65O8P. The lowest BCUT2D eigenvalue weighted by Gasteiger charge is -2.18. The van der Waals surface area contributed by atoms with Gasteiger partial charge < -0.3 is 19.3 Å². The predicted molar refractivity (Wildman–Crippen MR) is 202 cm³/mol. The van der Waals surface area contributed by atoms with Gasteiger partial charge in [0.2, 0.25) is 0 Å². The Hall–Kier alpha value is -2.77. The smallest absolute Gasteiger partial charge is 0.462 e. The van der Waals surface area contributed by atoms with Gasteiger partial charge in [-0.1, -0.05) is 131 Å². The van der Waals surface area contributed by atoms with Crippen molar-refractivity contribution in [3.63, 3.8) is 0 Å². The summed E-state index contributed by atoms with van der Waals surface area (Å²) in [5.41, 5.74) is 0. The van der Waals surface area contributed by atoms with Gasteiger partial charge in [-0.25, -0.2) is 4.57 Å². The molecule has 0 aliphatic carbocycles. The van der Waals surface area contributed by atoms with E-state index in [0.717, 1.165) is 83.5 Å². The first kappa shape index (κ1) is 46.2. The van der Waals surface area contributed by atoms with E-state index in [1.807, 2.05) is 6.08 Å². The summed E-state index contributed by atoms with van der Waals surface area (Å²) in [7, 11) is -4.77. The summed E-state index contributed by atoms with van der Waals surface area (Å²) in [6.07, 6.45) is 45.9.